The third-order valence-corrected chi connectivity index (χ3v) is 9.08. The zero-order chi connectivity index (χ0) is 41.0. The molecule has 1 atom stereocenters. The molecule has 21 heteroatoms. The van der Waals surface area contributed by atoms with Gasteiger partial charge >= 0.3 is 18.2 Å². The summed E-state index contributed by atoms with van der Waals surface area (Å²) in [4.78, 5) is 69.0. The predicted octanol–water partition coefficient (Wildman–Crippen LogP) is 2.35. The molecule has 2 heterocycles. The molecule has 0 aliphatic rings. The highest BCUT2D eigenvalue weighted by atomic mass is 32.2. The fourth-order valence-corrected chi connectivity index (χ4v) is 6.10. The van der Waals surface area contributed by atoms with Crippen molar-refractivity contribution in [2.24, 2.45) is 10.7 Å². The normalized spacial score (nSPS) is 12.4. The van der Waals surface area contributed by atoms with Crippen molar-refractivity contribution < 1.29 is 42.2 Å². The number of aryl methyl sites for hydroxylation is 1. The maximum absolute atomic E-state index is 13.9. The van der Waals surface area contributed by atoms with Crippen LogP contribution < -0.4 is 26.8 Å². The van der Waals surface area contributed by atoms with Gasteiger partial charge in [-0.05, 0) is 58.2 Å². The van der Waals surface area contributed by atoms with E-state index in [0.29, 0.717) is 0 Å². The van der Waals surface area contributed by atoms with Crippen LogP contribution in [-0.4, -0.2) is 99.2 Å². The first-order valence-electron chi connectivity index (χ1n) is 17.3. The summed E-state index contributed by atoms with van der Waals surface area (Å²) in [5.41, 5.74) is 12.7. The van der Waals surface area contributed by atoms with Crippen LogP contribution in [0.25, 0.3) is 11.2 Å². The number of aliphatic imine (C=N–C) groups is 1. The van der Waals surface area contributed by atoms with Crippen LogP contribution in [0.3, 0.4) is 0 Å². The number of rotatable bonds is 16. The summed E-state index contributed by atoms with van der Waals surface area (Å²) in [6.45, 7) is 5.82. The minimum atomic E-state index is -4.01. The lowest BCUT2D eigenvalue weighted by atomic mass is 10.1. The van der Waals surface area contributed by atoms with Gasteiger partial charge in [-0.2, -0.15) is 9.97 Å². The van der Waals surface area contributed by atoms with Gasteiger partial charge in [0.05, 0.1) is 11.2 Å². The lowest BCUT2D eigenvalue weighted by molar-refractivity contribution is -0.150. The number of fused-ring (bicyclic) bond motifs is 1. The zero-order valence-corrected chi connectivity index (χ0v) is 32.1. The molecule has 0 spiro atoms. The molecule has 300 valence electrons. The summed E-state index contributed by atoms with van der Waals surface area (Å²) in [6, 6.07) is 13.6. The Morgan fingerprint density at radius 2 is 1.73 bits per heavy atom. The summed E-state index contributed by atoms with van der Waals surface area (Å²) in [5.74, 6) is -2.80. The molecular formula is C35H45N11O9S. The van der Waals surface area contributed by atoms with Gasteiger partial charge in [0.25, 0.3) is 10.0 Å². The lowest BCUT2D eigenvalue weighted by Crippen LogP contribution is -2.49. The molecule has 2 aromatic heterocycles. The SMILES string of the molecule is Cc1ccc(S(=O)(=O)NC(N)=NCCC[C@H](C(=O)O)N(CCNC(=O)OC(C)(C)C)C(=O)Cn2cnc3c(NC(=O)OCc4ccccc4)nc(N)nc32)cc1. The number of nitrogens with two attached hydrogens (primary N) is 2. The van der Waals surface area contributed by atoms with Gasteiger partial charge in [0.2, 0.25) is 17.8 Å². The highest BCUT2D eigenvalue weighted by Crippen LogP contribution is 2.21. The van der Waals surface area contributed by atoms with Crippen LogP contribution in [0, 0.1) is 6.92 Å². The van der Waals surface area contributed by atoms with Gasteiger partial charge in [-0.3, -0.25) is 15.1 Å². The number of hydrogen-bond acceptors (Lipinski definition) is 13. The number of ether oxygens (including phenoxy) is 2. The fraction of sp³-hybridized carbons (Fsp3) is 0.371. The van der Waals surface area contributed by atoms with Crippen LogP contribution in [0.4, 0.5) is 21.4 Å². The van der Waals surface area contributed by atoms with Crippen molar-refractivity contribution in [3.05, 3.63) is 72.1 Å². The summed E-state index contributed by atoms with van der Waals surface area (Å²) < 4.78 is 39.3. The average molecular weight is 796 g/mol. The van der Waals surface area contributed by atoms with Crippen molar-refractivity contribution >= 4 is 63.0 Å². The van der Waals surface area contributed by atoms with Crippen LogP contribution in [0.1, 0.15) is 44.7 Å². The van der Waals surface area contributed by atoms with E-state index in [4.69, 9.17) is 20.9 Å². The molecule has 56 heavy (non-hydrogen) atoms. The smallest absolute Gasteiger partial charge is 0.413 e. The number of carboxylic acids is 1. The van der Waals surface area contributed by atoms with Gasteiger partial charge in [0.1, 0.15) is 24.8 Å². The topological polar surface area (TPSA) is 288 Å². The average Bonchev–Trinajstić information content (AvgIpc) is 3.51. The van der Waals surface area contributed by atoms with Crippen molar-refractivity contribution in [3.8, 4) is 0 Å². The van der Waals surface area contributed by atoms with E-state index >= 15 is 0 Å². The van der Waals surface area contributed by atoms with Crippen LogP contribution in [0.15, 0.2) is 70.8 Å². The molecule has 0 saturated carbocycles. The number of anilines is 2. The second-order valence-electron chi connectivity index (χ2n) is 13.4. The monoisotopic (exact) mass is 795 g/mol. The van der Waals surface area contributed by atoms with E-state index < -0.39 is 58.2 Å². The summed E-state index contributed by atoms with van der Waals surface area (Å²) in [7, 11) is -4.01. The number of nitrogens with zero attached hydrogens (tertiary/aromatic N) is 6. The number of sulfonamides is 1. The number of carbonyl (C=O) groups is 4. The first kappa shape index (κ1) is 42.2. The van der Waals surface area contributed by atoms with Crippen LogP contribution in [-0.2, 0) is 42.2 Å². The van der Waals surface area contributed by atoms with Gasteiger partial charge in [0.15, 0.2) is 17.0 Å². The molecule has 0 aliphatic carbocycles. The third kappa shape index (κ3) is 12.5. The lowest BCUT2D eigenvalue weighted by Gasteiger charge is -2.29. The second kappa shape index (κ2) is 18.7. The molecule has 0 aliphatic heterocycles. The highest BCUT2D eigenvalue weighted by Gasteiger charge is 2.30. The Balaban J connectivity index is 1.49. The molecule has 0 bridgehead atoms. The van der Waals surface area contributed by atoms with Crippen molar-refractivity contribution in [1.82, 2.24) is 34.5 Å². The molecule has 4 aromatic rings. The third-order valence-electron chi connectivity index (χ3n) is 7.71. The van der Waals surface area contributed by atoms with E-state index in [1.54, 1.807) is 57.2 Å². The largest absolute Gasteiger partial charge is 0.480 e. The number of nitrogen functional groups attached to an aromatic ring is 1. The predicted molar refractivity (Wildman–Crippen MR) is 205 cm³/mol. The minimum Gasteiger partial charge on any atom is -0.480 e. The molecule has 4 rings (SSSR count). The molecule has 3 amide bonds. The summed E-state index contributed by atoms with van der Waals surface area (Å²) >= 11 is 0. The Morgan fingerprint density at radius 3 is 2.39 bits per heavy atom. The molecule has 2 aromatic carbocycles. The van der Waals surface area contributed by atoms with Crippen LogP contribution in [0.5, 0.6) is 0 Å². The number of hydrogen-bond donors (Lipinski definition) is 6. The minimum absolute atomic E-state index is 0.0185. The number of carboxylic acid groups (broad SMARTS) is 1. The maximum atomic E-state index is 13.9. The molecule has 0 fully saturated rings. The molecule has 0 radical (unpaired) electrons. The standard InChI is InChI=1S/C35H45N11O9S/c1-22-12-14-24(15-13-22)56(52,53)44-31(36)38-16-8-11-25(30(48)49)46(18-17-39-33(50)55-35(2,3)4)26(47)19-45-21-40-27-28(41-32(37)43-29(27)45)42-34(51)54-20-23-9-6-5-7-10-23/h5-7,9-10,12-15,21,25H,8,11,16-20H2,1-4H3,(H,39,50)(H,48,49)(H3,36,38,44)(H3,37,41,42,43,51)/t25-/m1/s1. The number of benzene rings is 2. The highest BCUT2D eigenvalue weighted by molar-refractivity contribution is 7.90. The first-order chi connectivity index (χ1) is 26.4. The number of alkyl carbamates (subject to hydrolysis) is 1. The van der Waals surface area contributed by atoms with E-state index in [9.17, 15) is 32.7 Å². The van der Waals surface area contributed by atoms with Gasteiger partial charge in [-0.1, -0.05) is 48.0 Å². The second-order valence-corrected chi connectivity index (χ2v) is 15.0. The Labute approximate surface area is 322 Å². The van der Waals surface area contributed by atoms with Crippen molar-refractivity contribution in [2.75, 3.05) is 30.7 Å². The Morgan fingerprint density at radius 1 is 1.04 bits per heavy atom. The quantitative estimate of drug-likeness (QED) is 0.0539. The number of carbonyl (C=O) groups excluding carboxylic acids is 3. The van der Waals surface area contributed by atoms with Crippen molar-refractivity contribution in [2.45, 2.75) is 70.2 Å². The van der Waals surface area contributed by atoms with Crippen molar-refractivity contribution in [1.29, 1.82) is 0 Å². The Hall–Kier alpha value is -6.51. The van der Waals surface area contributed by atoms with Crippen LogP contribution >= 0.6 is 0 Å². The van der Waals surface area contributed by atoms with E-state index in [1.165, 1.54) is 23.0 Å². The number of imidazole rings is 1. The van der Waals surface area contributed by atoms with Crippen LogP contribution in [0.2, 0.25) is 0 Å². The van der Waals surface area contributed by atoms with E-state index in [2.05, 4.69) is 35.3 Å². The molecule has 20 nitrogen and oxygen atoms in total. The molecule has 0 saturated heterocycles. The maximum Gasteiger partial charge on any atom is 0.413 e. The number of guanidine groups is 1. The number of nitrogens with one attached hydrogen (secondary N) is 3. The fourth-order valence-electron chi connectivity index (χ4n) is 5.15. The van der Waals surface area contributed by atoms with Gasteiger partial charge in [-0.25, -0.2) is 32.5 Å². The van der Waals surface area contributed by atoms with Gasteiger partial charge in [-0.15, -0.1) is 0 Å². The van der Waals surface area contributed by atoms with E-state index in [-0.39, 0.29) is 66.9 Å². The number of aliphatic carboxylic acids is 1. The molecule has 0 unspecified atom stereocenters. The Kier molecular flexibility index (Phi) is 14.1. The molecular weight excluding hydrogens is 751 g/mol. The van der Waals surface area contributed by atoms with Gasteiger partial charge in [0, 0.05) is 19.6 Å². The van der Waals surface area contributed by atoms with E-state index in [1.807, 2.05) is 13.0 Å². The summed E-state index contributed by atoms with van der Waals surface area (Å²) in [5, 5.41) is 15.3. The zero-order valence-electron chi connectivity index (χ0n) is 31.3. The summed E-state index contributed by atoms with van der Waals surface area (Å²) in [6.07, 6.45) is -0.431. The first-order valence-corrected chi connectivity index (χ1v) is 18.7. The van der Waals surface area contributed by atoms with Crippen molar-refractivity contribution in [3.63, 3.8) is 0 Å². The Bertz CT molecular complexity index is 2150. The number of amides is 3. The van der Waals surface area contributed by atoms with E-state index in [0.717, 1.165) is 16.0 Å². The molecule has 8 N–H and O–H groups in total. The number of aromatic nitrogens is 4. The van der Waals surface area contributed by atoms with Gasteiger partial charge < -0.3 is 40.8 Å².